The van der Waals surface area contributed by atoms with E-state index in [0.29, 0.717) is 0 Å². The van der Waals surface area contributed by atoms with Gasteiger partial charge in [0.15, 0.2) is 0 Å². The maximum atomic E-state index is 11.3. The quantitative estimate of drug-likeness (QED) is 0.686. The van der Waals surface area contributed by atoms with E-state index >= 15 is 0 Å². The van der Waals surface area contributed by atoms with Gasteiger partial charge in [-0.1, -0.05) is 5.92 Å². The first-order chi connectivity index (χ1) is 7.15. The smallest absolute Gasteiger partial charge is 0.354 e. The third-order valence-corrected chi connectivity index (χ3v) is 1.60. The summed E-state index contributed by atoms with van der Waals surface area (Å²) in [5.74, 6) is 0.740. The van der Waals surface area contributed by atoms with Crippen LogP contribution in [-0.2, 0) is 0 Å². The average Bonchev–Trinajstić information content (AvgIpc) is 2.26. The minimum atomic E-state index is -1.13. The van der Waals surface area contributed by atoms with E-state index in [0.717, 1.165) is 0 Å². The number of terminal acetylenes is 1. The number of amides is 1. The minimum Gasteiger partial charge on any atom is -0.477 e. The molecular formula is C10H8N2O3. The van der Waals surface area contributed by atoms with E-state index in [-0.39, 0.29) is 23.7 Å². The fourth-order valence-corrected chi connectivity index (χ4v) is 0.888. The molecule has 0 atom stereocenters. The van der Waals surface area contributed by atoms with Crippen molar-refractivity contribution < 1.29 is 14.7 Å². The van der Waals surface area contributed by atoms with Crippen molar-refractivity contribution in [2.45, 2.75) is 0 Å². The first-order valence-corrected chi connectivity index (χ1v) is 4.06. The number of nitrogens with one attached hydrogen (secondary N) is 1. The Labute approximate surface area is 86.1 Å². The van der Waals surface area contributed by atoms with Crippen molar-refractivity contribution in [1.82, 2.24) is 10.3 Å². The first kappa shape index (κ1) is 10.7. The summed E-state index contributed by atoms with van der Waals surface area (Å²) in [6.07, 6.45) is 6.15. The van der Waals surface area contributed by atoms with E-state index in [1.807, 2.05) is 0 Å². The summed E-state index contributed by atoms with van der Waals surface area (Å²) in [5.41, 5.74) is 0.166. The van der Waals surface area contributed by atoms with Gasteiger partial charge in [-0.3, -0.25) is 4.79 Å². The molecule has 15 heavy (non-hydrogen) atoms. The minimum absolute atomic E-state index is 0.108. The Morgan fingerprint density at radius 1 is 1.53 bits per heavy atom. The van der Waals surface area contributed by atoms with Crippen molar-refractivity contribution in [3.8, 4) is 12.3 Å². The summed E-state index contributed by atoms with van der Waals surface area (Å²) >= 11 is 0. The number of hydrogen-bond acceptors (Lipinski definition) is 3. The Morgan fingerprint density at radius 3 is 2.73 bits per heavy atom. The number of carboxylic acid groups (broad SMARTS) is 1. The van der Waals surface area contributed by atoms with E-state index in [1.165, 1.54) is 18.3 Å². The normalized spacial score (nSPS) is 9.00. The van der Waals surface area contributed by atoms with Crippen LogP contribution in [0.5, 0.6) is 0 Å². The summed E-state index contributed by atoms with van der Waals surface area (Å²) in [7, 11) is 0. The number of aromatic carboxylic acids is 1. The fraction of sp³-hybridized carbons (Fsp3) is 0.100. The Morgan fingerprint density at radius 2 is 2.27 bits per heavy atom. The molecule has 5 nitrogen and oxygen atoms in total. The predicted octanol–water partition coefficient (Wildman–Crippen LogP) is 0.143. The number of carboxylic acids is 1. The predicted molar refractivity (Wildman–Crippen MR) is 52.4 cm³/mol. The van der Waals surface area contributed by atoms with Crippen LogP contribution < -0.4 is 5.32 Å². The molecule has 0 saturated heterocycles. The zero-order chi connectivity index (χ0) is 11.3. The SMILES string of the molecule is C#CCNC(=O)c1ccc(C(=O)O)nc1. The highest BCUT2D eigenvalue weighted by molar-refractivity contribution is 5.94. The van der Waals surface area contributed by atoms with Gasteiger partial charge in [0.25, 0.3) is 5.91 Å². The number of aromatic nitrogens is 1. The lowest BCUT2D eigenvalue weighted by atomic mass is 10.2. The maximum absolute atomic E-state index is 11.3. The van der Waals surface area contributed by atoms with Crippen molar-refractivity contribution in [2.24, 2.45) is 0 Å². The second-order valence-electron chi connectivity index (χ2n) is 2.62. The number of rotatable bonds is 3. The Bertz CT molecular complexity index is 417. The Kier molecular flexibility index (Phi) is 3.41. The van der Waals surface area contributed by atoms with Crippen LogP contribution in [0.3, 0.4) is 0 Å². The van der Waals surface area contributed by atoms with Crippen molar-refractivity contribution in [3.05, 3.63) is 29.6 Å². The van der Waals surface area contributed by atoms with E-state index < -0.39 is 5.97 Å². The van der Waals surface area contributed by atoms with Gasteiger partial charge in [-0.2, -0.15) is 0 Å². The van der Waals surface area contributed by atoms with Gasteiger partial charge in [-0.25, -0.2) is 9.78 Å². The highest BCUT2D eigenvalue weighted by atomic mass is 16.4. The molecule has 0 saturated carbocycles. The zero-order valence-corrected chi connectivity index (χ0v) is 7.73. The van der Waals surface area contributed by atoms with E-state index in [2.05, 4.69) is 16.2 Å². The van der Waals surface area contributed by atoms with Crippen LogP contribution in [0.15, 0.2) is 18.3 Å². The second kappa shape index (κ2) is 4.77. The third-order valence-electron chi connectivity index (χ3n) is 1.60. The molecule has 5 heteroatoms. The topological polar surface area (TPSA) is 79.3 Å². The van der Waals surface area contributed by atoms with Crippen molar-refractivity contribution in [2.75, 3.05) is 6.54 Å². The highest BCUT2D eigenvalue weighted by Gasteiger charge is 2.07. The molecule has 0 fully saturated rings. The molecule has 0 aromatic carbocycles. The standard InChI is InChI=1S/C10H8N2O3/c1-2-5-11-9(13)7-3-4-8(10(14)15)12-6-7/h1,3-4,6H,5H2,(H,11,13)(H,14,15). The molecule has 0 bridgehead atoms. The van der Waals surface area contributed by atoms with E-state index in [9.17, 15) is 9.59 Å². The second-order valence-corrected chi connectivity index (χ2v) is 2.62. The largest absolute Gasteiger partial charge is 0.477 e. The van der Waals surface area contributed by atoms with Crippen LogP contribution in [0.25, 0.3) is 0 Å². The van der Waals surface area contributed by atoms with Crippen LogP contribution >= 0.6 is 0 Å². The van der Waals surface area contributed by atoms with Crippen LogP contribution in [-0.4, -0.2) is 28.5 Å². The number of pyridine rings is 1. The fourth-order valence-electron chi connectivity index (χ4n) is 0.888. The summed E-state index contributed by atoms with van der Waals surface area (Å²) in [4.78, 5) is 25.4. The number of hydrogen-bond donors (Lipinski definition) is 2. The van der Waals surface area contributed by atoms with Crippen molar-refractivity contribution in [1.29, 1.82) is 0 Å². The number of carbonyl (C=O) groups excluding carboxylic acids is 1. The average molecular weight is 204 g/mol. The number of carbonyl (C=O) groups is 2. The lowest BCUT2D eigenvalue weighted by Crippen LogP contribution is -2.23. The lowest BCUT2D eigenvalue weighted by Gasteiger charge is -2.00. The first-order valence-electron chi connectivity index (χ1n) is 4.06. The lowest BCUT2D eigenvalue weighted by molar-refractivity contribution is 0.0689. The molecule has 1 rings (SSSR count). The molecule has 0 radical (unpaired) electrons. The van der Waals surface area contributed by atoms with Gasteiger partial charge >= 0.3 is 5.97 Å². The Hall–Kier alpha value is -2.35. The van der Waals surface area contributed by atoms with Crippen LogP contribution in [0.4, 0.5) is 0 Å². The number of nitrogens with zero attached hydrogens (tertiary/aromatic N) is 1. The molecule has 0 aliphatic rings. The molecule has 0 aliphatic carbocycles. The molecule has 76 valence electrons. The van der Waals surface area contributed by atoms with Gasteiger partial charge in [-0.15, -0.1) is 6.42 Å². The van der Waals surface area contributed by atoms with Crippen LogP contribution in [0.2, 0.25) is 0 Å². The van der Waals surface area contributed by atoms with Crippen LogP contribution in [0.1, 0.15) is 20.8 Å². The molecule has 1 heterocycles. The van der Waals surface area contributed by atoms with E-state index in [4.69, 9.17) is 11.5 Å². The third kappa shape index (κ3) is 2.81. The van der Waals surface area contributed by atoms with Gasteiger partial charge in [0, 0.05) is 6.20 Å². The van der Waals surface area contributed by atoms with Crippen molar-refractivity contribution in [3.63, 3.8) is 0 Å². The van der Waals surface area contributed by atoms with Gasteiger partial charge in [0.2, 0.25) is 0 Å². The molecule has 2 N–H and O–H groups in total. The van der Waals surface area contributed by atoms with Gasteiger partial charge < -0.3 is 10.4 Å². The molecule has 0 spiro atoms. The molecular weight excluding hydrogens is 196 g/mol. The summed E-state index contributed by atoms with van der Waals surface area (Å²) in [5, 5.41) is 11.0. The molecule has 1 aromatic heterocycles. The molecule has 0 unspecified atom stereocenters. The summed E-state index contributed by atoms with van der Waals surface area (Å²) in [6, 6.07) is 2.63. The summed E-state index contributed by atoms with van der Waals surface area (Å²) < 4.78 is 0. The molecule has 1 aromatic rings. The molecule has 0 aliphatic heterocycles. The van der Waals surface area contributed by atoms with Crippen LogP contribution in [0, 0.1) is 12.3 Å². The molecule has 1 amide bonds. The van der Waals surface area contributed by atoms with Gasteiger partial charge in [0.1, 0.15) is 5.69 Å². The maximum Gasteiger partial charge on any atom is 0.354 e. The Balaban J connectivity index is 2.76. The highest BCUT2D eigenvalue weighted by Crippen LogP contribution is 2.00. The monoisotopic (exact) mass is 204 g/mol. The zero-order valence-electron chi connectivity index (χ0n) is 7.73. The summed E-state index contributed by atoms with van der Waals surface area (Å²) in [6.45, 7) is 0.125. The van der Waals surface area contributed by atoms with Gasteiger partial charge in [-0.05, 0) is 12.1 Å². The van der Waals surface area contributed by atoms with Crippen molar-refractivity contribution >= 4 is 11.9 Å². The van der Waals surface area contributed by atoms with E-state index in [1.54, 1.807) is 0 Å². The van der Waals surface area contributed by atoms with Gasteiger partial charge in [0.05, 0.1) is 12.1 Å².